The fraction of sp³-hybridized carbons (Fsp3) is 0.250. The molecular formula is C20H21N3O2. The lowest BCUT2D eigenvalue weighted by Crippen LogP contribution is -2.30. The van der Waals surface area contributed by atoms with Gasteiger partial charge in [-0.25, -0.2) is 0 Å². The van der Waals surface area contributed by atoms with Crippen molar-refractivity contribution in [2.45, 2.75) is 27.3 Å². The first-order chi connectivity index (χ1) is 12.1. The molecule has 0 spiro atoms. The van der Waals surface area contributed by atoms with Gasteiger partial charge >= 0.3 is 0 Å². The molecule has 3 aromatic rings. The van der Waals surface area contributed by atoms with E-state index in [0.29, 0.717) is 30.4 Å². The van der Waals surface area contributed by atoms with Crippen molar-refractivity contribution in [3.63, 3.8) is 0 Å². The quantitative estimate of drug-likeness (QED) is 0.707. The molecule has 3 rings (SSSR count). The van der Waals surface area contributed by atoms with Crippen LogP contribution in [0.4, 0.5) is 0 Å². The Kier molecular flexibility index (Phi) is 4.93. The average molecular weight is 335 g/mol. The number of aromatic nitrogens is 2. The topological polar surface area (TPSA) is 59.2 Å². The number of hydrogen-bond donors (Lipinski definition) is 0. The zero-order chi connectivity index (χ0) is 17.8. The molecule has 128 valence electrons. The Labute approximate surface area is 147 Å². The van der Waals surface area contributed by atoms with Crippen LogP contribution in [0.2, 0.25) is 0 Å². The number of benzene rings is 2. The van der Waals surface area contributed by atoms with Gasteiger partial charge < -0.3 is 9.42 Å². The van der Waals surface area contributed by atoms with Gasteiger partial charge in [-0.1, -0.05) is 41.6 Å². The molecule has 0 radical (unpaired) electrons. The summed E-state index contributed by atoms with van der Waals surface area (Å²) in [6.07, 6.45) is 0. The fourth-order valence-corrected chi connectivity index (χ4v) is 2.57. The van der Waals surface area contributed by atoms with Crippen LogP contribution in [0.1, 0.15) is 34.3 Å². The van der Waals surface area contributed by atoms with Gasteiger partial charge in [-0.05, 0) is 44.0 Å². The summed E-state index contributed by atoms with van der Waals surface area (Å²) in [5, 5.41) is 4.01. The van der Waals surface area contributed by atoms with E-state index < -0.39 is 0 Å². The molecule has 1 heterocycles. The van der Waals surface area contributed by atoms with Gasteiger partial charge in [-0.3, -0.25) is 4.79 Å². The van der Waals surface area contributed by atoms with Crippen molar-refractivity contribution in [3.05, 3.63) is 71.1 Å². The van der Waals surface area contributed by atoms with E-state index in [1.165, 1.54) is 5.56 Å². The van der Waals surface area contributed by atoms with Crippen LogP contribution in [-0.2, 0) is 6.54 Å². The zero-order valence-electron chi connectivity index (χ0n) is 14.7. The van der Waals surface area contributed by atoms with Gasteiger partial charge in [-0.15, -0.1) is 0 Å². The van der Waals surface area contributed by atoms with Crippen molar-refractivity contribution in [2.75, 3.05) is 6.54 Å². The Morgan fingerprint density at radius 3 is 2.52 bits per heavy atom. The highest BCUT2D eigenvalue weighted by Gasteiger charge is 2.18. The van der Waals surface area contributed by atoms with Gasteiger partial charge in [0.05, 0.1) is 0 Å². The number of amides is 1. The molecule has 0 fully saturated rings. The minimum atomic E-state index is -0.0370. The van der Waals surface area contributed by atoms with Gasteiger partial charge in [0.1, 0.15) is 6.54 Å². The molecule has 0 aliphatic heterocycles. The molecule has 0 atom stereocenters. The first-order valence-corrected chi connectivity index (χ1v) is 8.33. The van der Waals surface area contributed by atoms with Crippen LogP contribution in [0, 0.1) is 13.8 Å². The first kappa shape index (κ1) is 16.9. The van der Waals surface area contributed by atoms with E-state index in [2.05, 4.69) is 10.1 Å². The van der Waals surface area contributed by atoms with Gasteiger partial charge in [0.2, 0.25) is 11.7 Å². The Bertz CT molecular complexity index is 872. The van der Waals surface area contributed by atoms with Crippen LogP contribution in [0.25, 0.3) is 11.4 Å². The number of carbonyl (C=O) groups excluding carboxylic acids is 1. The van der Waals surface area contributed by atoms with Crippen LogP contribution < -0.4 is 0 Å². The molecule has 5 heteroatoms. The monoisotopic (exact) mass is 335 g/mol. The van der Waals surface area contributed by atoms with E-state index in [1.807, 2.05) is 69.3 Å². The molecule has 1 aromatic heterocycles. The third kappa shape index (κ3) is 3.76. The second-order valence-electron chi connectivity index (χ2n) is 6.00. The molecule has 0 saturated carbocycles. The molecule has 25 heavy (non-hydrogen) atoms. The number of rotatable bonds is 5. The number of aryl methyl sites for hydroxylation is 2. The van der Waals surface area contributed by atoms with E-state index in [1.54, 1.807) is 4.90 Å². The third-order valence-electron chi connectivity index (χ3n) is 4.25. The van der Waals surface area contributed by atoms with Gasteiger partial charge in [0.15, 0.2) is 0 Å². The predicted molar refractivity (Wildman–Crippen MR) is 96.1 cm³/mol. The van der Waals surface area contributed by atoms with Crippen LogP contribution in [0.15, 0.2) is 53.1 Å². The van der Waals surface area contributed by atoms with Crippen molar-refractivity contribution in [1.82, 2.24) is 15.0 Å². The normalized spacial score (nSPS) is 10.7. The maximum absolute atomic E-state index is 12.8. The summed E-state index contributed by atoms with van der Waals surface area (Å²) in [6.45, 7) is 6.83. The van der Waals surface area contributed by atoms with Crippen molar-refractivity contribution in [1.29, 1.82) is 0 Å². The largest absolute Gasteiger partial charge is 0.337 e. The maximum Gasteiger partial charge on any atom is 0.254 e. The standard InChI is InChI=1S/C20H21N3O2/c1-4-23(20(24)17-11-10-14(2)15(3)12-17)13-18-21-19(22-25-18)16-8-6-5-7-9-16/h5-12H,4,13H2,1-3H3. The highest BCUT2D eigenvalue weighted by atomic mass is 16.5. The summed E-state index contributed by atoms with van der Waals surface area (Å²) in [5.74, 6) is 0.924. The number of hydrogen-bond acceptors (Lipinski definition) is 4. The molecule has 0 saturated heterocycles. The Hall–Kier alpha value is -2.95. The summed E-state index contributed by atoms with van der Waals surface area (Å²) >= 11 is 0. The maximum atomic E-state index is 12.8. The second-order valence-corrected chi connectivity index (χ2v) is 6.00. The van der Waals surface area contributed by atoms with Gasteiger partial charge in [0, 0.05) is 17.7 Å². The summed E-state index contributed by atoms with van der Waals surface area (Å²) in [4.78, 5) is 18.9. The lowest BCUT2D eigenvalue weighted by Gasteiger charge is -2.19. The highest BCUT2D eigenvalue weighted by Crippen LogP contribution is 2.17. The summed E-state index contributed by atoms with van der Waals surface area (Å²) < 4.78 is 5.33. The van der Waals surface area contributed by atoms with E-state index in [-0.39, 0.29) is 5.91 Å². The van der Waals surface area contributed by atoms with Gasteiger partial charge in [0.25, 0.3) is 5.91 Å². The van der Waals surface area contributed by atoms with Crippen LogP contribution in [0.3, 0.4) is 0 Å². The minimum Gasteiger partial charge on any atom is -0.337 e. The van der Waals surface area contributed by atoms with E-state index in [9.17, 15) is 4.79 Å². The highest BCUT2D eigenvalue weighted by molar-refractivity contribution is 5.94. The molecule has 0 bridgehead atoms. The summed E-state index contributed by atoms with van der Waals surface area (Å²) in [7, 11) is 0. The summed E-state index contributed by atoms with van der Waals surface area (Å²) in [6, 6.07) is 15.4. The van der Waals surface area contributed by atoms with Crippen LogP contribution >= 0.6 is 0 Å². The van der Waals surface area contributed by atoms with Crippen LogP contribution in [0.5, 0.6) is 0 Å². The Balaban J connectivity index is 1.77. The molecule has 0 N–H and O–H groups in total. The average Bonchev–Trinajstić information content (AvgIpc) is 3.11. The van der Waals surface area contributed by atoms with Crippen molar-refractivity contribution < 1.29 is 9.32 Å². The molecule has 0 aliphatic carbocycles. The van der Waals surface area contributed by atoms with Gasteiger partial charge in [-0.2, -0.15) is 4.98 Å². The summed E-state index contributed by atoms with van der Waals surface area (Å²) in [5.41, 5.74) is 3.84. The second kappa shape index (κ2) is 7.30. The van der Waals surface area contributed by atoms with E-state index in [0.717, 1.165) is 11.1 Å². The number of nitrogens with zero attached hydrogens (tertiary/aromatic N) is 3. The molecular weight excluding hydrogens is 314 g/mol. The predicted octanol–water partition coefficient (Wildman–Crippen LogP) is 4.02. The molecule has 0 aliphatic rings. The lowest BCUT2D eigenvalue weighted by atomic mass is 10.1. The van der Waals surface area contributed by atoms with Crippen molar-refractivity contribution >= 4 is 5.91 Å². The molecule has 1 amide bonds. The van der Waals surface area contributed by atoms with Crippen LogP contribution in [-0.4, -0.2) is 27.5 Å². The number of carbonyl (C=O) groups is 1. The van der Waals surface area contributed by atoms with E-state index in [4.69, 9.17) is 4.52 Å². The van der Waals surface area contributed by atoms with Crippen molar-refractivity contribution in [3.8, 4) is 11.4 Å². The smallest absolute Gasteiger partial charge is 0.254 e. The molecule has 2 aromatic carbocycles. The molecule has 0 unspecified atom stereocenters. The minimum absolute atomic E-state index is 0.0370. The fourth-order valence-electron chi connectivity index (χ4n) is 2.57. The first-order valence-electron chi connectivity index (χ1n) is 8.33. The molecule has 5 nitrogen and oxygen atoms in total. The lowest BCUT2D eigenvalue weighted by molar-refractivity contribution is 0.0734. The van der Waals surface area contributed by atoms with E-state index >= 15 is 0 Å². The SMILES string of the molecule is CCN(Cc1nc(-c2ccccc2)no1)C(=O)c1ccc(C)c(C)c1. The zero-order valence-corrected chi connectivity index (χ0v) is 14.7. The van der Waals surface area contributed by atoms with Crippen molar-refractivity contribution in [2.24, 2.45) is 0 Å². The third-order valence-corrected chi connectivity index (χ3v) is 4.25. The Morgan fingerprint density at radius 2 is 1.84 bits per heavy atom. The Morgan fingerprint density at radius 1 is 1.08 bits per heavy atom.